The van der Waals surface area contributed by atoms with Crippen molar-refractivity contribution in [2.24, 2.45) is 0 Å². The van der Waals surface area contributed by atoms with Gasteiger partial charge in [-0.15, -0.1) is 23.1 Å². The molecule has 2 unspecified atom stereocenters. The molecule has 0 radical (unpaired) electrons. The second-order valence-electron chi connectivity index (χ2n) is 6.21. The van der Waals surface area contributed by atoms with Crippen LogP contribution in [0.4, 0.5) is 5.82 Å². The number of thioether (sulfide) groups is 1. The molecule has 6 heteroatoms. The maximum absolute atomic E-state index is 12.6. The number of para-hydroxylation sites is 1. The topological polar surface area (TPSA) is 46.9 Å². The highest BCUT2D eigenvalue weighted by Crippen LogP contribution is 2.47. The molecule has 3 aromatic rings. The lowest BCUT2D eigenvalue weighted by atomic mass is 10.1. The van der Waals surface area contributed by atoms with Crippen LogP contribution in [-0.4, -0.2) is 20.9 Å². The van der Waals surface area contributed by atoms with Gasteiger partial charge in [-0.05, 0) is 43.8 Å². The monoisotopic (exact) mass is 369 g/mol. The van der Waals surface area contributed by atoms with Gasteiger partial charge >= 0.3 is 0 Å². The molecule has 0 saturated heterocycles. The van der Waals surface area contributed by atoms with Gasteiger partial charge in [0.25, 0.3) is 0 Å². The molecule has 0 fully saturated rings. The number of amides is 1. The number of hydrogen-bond donors (Lipinski definition) is 1. The number of rotatable bonds is 2. The SMILES string of the molecule is Cc1ccccc1-n1nc(C)c2c1NC(=O)C(C)SC2c1cccs1. The van der Waals surface area contributed by atoms with Crippen LogP contribution in [0.1, 0.15) is 33.9 Å². The number of aryl methyl sites for hydroxylation is 2. The Bertz CT molecular complexity index is 930. The summed E-state index contributed by atoms with van der Waals surface area (Å²) in [4.78, 5) is 13.9. The molecule has 2 aromatic heterocycles. The molecule has 0 aliphatic carbocycles. The van der Waals surface area contributed by atoms with Crippen molar-refractivity contribution >= 4 is 34.8 Å². The van der Waals surface area contributed by atoms with Crippen LogP contribution in [-0.2, 0) is 4.79 Å². The van der Waals surface area contributed by atoms with Crippen molar-refractivity contribution in [1.82, 2.24) is 9.78 Å². The highest BCUT2D eigenvalue weighted by atomic mass is 32.2. The molecule has 1 aliphatic heterocycles. The first-order valence-electron chi connectivity index (χ1n) is 8.21. The quantitative estimate of drug-likeness (QED) is 0.711. The summed E-state index contributed by atoms with van der Waals surface area (Å²) in [5.41, 5.74) is 4.18. The molecule has 128 valence electrons. The molecule has 0 saturated carbocycles. The van der Waals surface area contributed by atoms with Crippen molar-refractivity contribution in [3.63, 3.8) is 0 Å². The Morgan fingerprint density at radius 2 is 1.96 bits per heavy atom. The van der Waals surface area contributed by atoms with Crippen LogP contribution in [0.2, 0.25) is 0 Å². The molecule has 1 amide bonds. The summed E-state index contributed by atoms with van der Waals surface area (Å²) in [5.74, 6) is 0.826. The third-order valence-electron chi connectivity index (χ3n) is 4.47. The Labute approximate surface area is 155 Å². The van der Waals surface area contributed by atoms with Gasteiger partial charge in [-0.3, -0.25) is 4.79 Å². The Hall–Kier alpha value is -2.05. The predicted octanol–water partition coefficient (Wildman–Crippen LogP) is 4.71. The molecule has 0 spiro atoms. The summed E-state index contributed by atoms with van der Waals surface area (Å²) in [6, 6.07) is 12.3. The van der Waals surface area contributed by atoms with Gasteiger partial charge in [0.1, 0.15) is 5.82 Å². The van der Waals surface area contributed by atoms with Crippen molar-refractivity contribution in [3.05, 3.63) is 63.5 Å². The van der Waals surface area contributed by atoms with Gasteiger partial charge in [-0.2, -0.15) is 5.10 Å². The zero-order chi connectivity index (χ0) is 17.6. The summed E-state index contributed by atoms with van der Waals surface area (Å²) in [5, 5.41) is 9.98. The standard InChI is InChI=1S/C19H19N3OS2/c1-11-7-4-5-8-14(11)22-18-16(12(2)21-22)17(15-9-6-10-24-15)25-13(3)19(23)20-18/h4-10,13,17H,1-3H3,(H,20,23). The maximum Gasteiger partial charge on any atom is 0.238 e. The average molecular weight is 370 g/mol. The van der Waals surface area contributed by atoms with Crippen molar-refractivity contribution in [1.29, 1.82) is 0 Å². The number of anilines is 1. The van der Waals surface area contributed by atoms with Crippen LogP contribution >= 0.6 is 23.1 Å². The summed E-state index contributed by atoms with van der Waals surface area (Å²) >= 11 is 3.41. The first-order chi connectivity index (χ1) is 12.1. The van der Waals surface area contributed by atoms with Crippen LogP contribution < -0.4 is 5.32 Å². The second kappa shape index (κ2) is 6.35. The van der Waals surface area contributed by atoms with Crippen molar-refractivity contribution < 1.29 is 4.79 Å². The average Bonchev–Trinajstić information content (AvgIpc) is 3.19. The highest BCUT2D eigenvalue weighted by Gasteiger charge is 2.34. The number of benzene rings is 1. The van der Waals surface area contributed by atoms with Gasteiger partial charge in [0.2, 0.25) is 5.91 Å². The zero-order valence-corrected chi connectivity index (χ0v) is 15.9. The molecule has 2 atom stereocenters. The minimum atomic E-state index is -0.121. The molecule has 4 nitrogen and oxygen atoms in total. The summed E-state index contributed by atoms with van der Waals surface area (Å²) in [7, 11) is 0. The van der Waals surface area contributed by atoms with Crippen LogP contribution in [0.15, 0.2) is 41.8 Å². The van der Waals surface area contributed by atoms with Gasteiger partial charge in [0, 0.05) is 10.4 Å². The van der Waals surface area contributed by atoms with E-state index in [0.717, 1.165) is 28.3 Å². The molecular weight excluding hydrogens is 350 g/mol. The summed E-state index contributed by atoms with van der Waals surface area (Å²) in [6.07, 6.45) is 0. The van der Waals surface area contributed by atoms with Gasteiger partial charge in [0.05, 0.1) is 21.9 Å². The Morgan fingerprint density at radius 3 is 2.68 bits per heavy atom. The summed E-state index contributed by atoms with van der Waals surface area (Å²) in [6.45, 7) is 6.05. The van der Waals surface area contributed by atoms with E-state index in [4.69, 9.17) is 5.10 Å². The molecular formula is C19H19N3OS2. The molecule has 3 heterocycles. The smallest absolute Gasteiger partial charge is 0.238 e. The molecule has 1 N–H and O–H groups in total. The van der Waals surface area contributed by atoms with Gasteiger partial charge in [0.15, 0.2) is 0 Å². The number of hydrogen-bond acceptors (Lipinski definition) is 4. The number of thiophene rings is 1. The van der Waals surface area contributed by atoms with E-state index in [1.54, 1.807) is 23.1 Å². The number of aromatic nitrogens is 2. The van der Waals surface area contributed by atoms with E-state index in [1.165, 1.54) is 4.88 Å². The number of nitrogens with zero attached hydrogens (tertiary/aromatic N) is 2. The van der Waals surface area contributed by atoms with Crippen molar-refractivity contribution in [2.75, 3.05) is 5.32 Å². The van der Waals surface area contributed by atoms with Crippen molar-refractivity contribution in [2.45, 2.75) is 31.3 Å². The van der Waals surface area contributed by atoms with Crippen LogP contribution in [0, 0.1) is 13.8 Å². The van der Waals surface area contributed by atoms with E-state index >= 15 is 0 Å². The number of fused-ring (bicyclic) bond motifs is 1. The van der Waals surface area contributed by atoms with E-state index in [-0.39, 0.29) is 16.4 Å². The molecule has 1 aliphatic rings. The fourth-order valence-corrected chi connectivity index (χ4v) is 5.42. The fraction of sp³-hybridized carbons (Fsp3) is 0.263. The third kappa shape index (κ3) is 2.79. The first-order valence-corrected chi connectivity index (χ1v) is 10.0. The lowest BCUT2D eigenvalue weighted by molar-refractivity contribution is -0.115. The summed E-state index contributed by atoms with van der Waals surface area (Å²) < 4.78 is 1.89. The third-order valence-corrected chi connectivity index (χ3v) is 6.94. The van der Waals surface area contributed by atoms with E-state index in [9.17, 15) is 4.79 Å². The fourth-order valence-electron chi connectivity index (χ4n) is 3.15. The number of carbonyl (C=O) groups is 1. The second-order valence-corrected chi connectivity index (χ2v) is 8.64. The number of nitrogens with one attached hydrogen (secondary N) is 1. The lowest BCUT2D eigenvalue weighted by Gasteiger charge is -2.15. The van der Waals surface area contributed by atoms with Crippen LogP contribution in [0.25, 0.3) is 5.69 Å². The largest absolute Gasteiger partial charge is 0.309 e. The Morgan fingerprint density at radius 1 is 1.16 bits per heavy atom. The number of carbonyl (C=O) groups excluding carboxylic acids is 1. The van der Waals surface area contributed by atoms with E-state index in [2.05, 4.69) is 35.8 Å². The highest BCUT2D eigenvalue weighted by molar-refractivity contribution is 8.01. The van der Waals surface area contributed by atoms with E-state index < -0.39 is 0 Å². The molecule has 4 rings (SSSR count). The van der Waals surface area contributed by atoms with Crippen LogP contribution in [0.5, 0.6) is 0 Å². The van der Waals surface area contributed by atoms with Crippen LogP contribution in [0.3, 0.4) is 0 Å². The van der Waals surface area contributed by atoms with Gasteiger partial charge in [-0.25, -0.2) is 4.68 Å². The first kappa shape index (κ1) is 16.4. The van der Waals surface area contributed by atoms with E-state index in [1.807, 2.05) is 36.7 Å². The normalized spacial score (nSPS) is 20.0. The molecule has 1 aromatic carbocycles. The predicted molar refractivity (Wildman–Crippen MR) is 105 cm³/mol. The zero-order valence-electron chi connectivity index (χ0n) is 14.3. The van der Waals surface area contributed by atoms with Gasteiger partial charge < -0.3 is 5.32 Å². The Kier molecular flexibility index (Phi) is 4.17. The van der Waals surface area contributed by atoms with Gasteiger partial charge in [-0.1, -0.05) is 24.3 Å². The lowest BCUT2D eigenvalue weighted by Crippen LogP contribution is -2.22. The minimum absolute atomic E-state index is 0.0278. The molecule has 0 bridgehead atoms. The minimum Gasteiger partial charge on any atom is -0.309 e. The van der Waals surface area contributed by atoms with E-state index in [0.29, 0.717) is 0 Å². The molecule has 25 heavy (non-hydrogen) atoms. The Balaban J connectivity index is 1.94. The maximum atomic E-state index is 12.6. The van der Waals surface area contributed by atoms with Crippen molar-refractivity contribution in [3.8, 4) is 5.69 Å².